The van der Waals surface area contributed by atoms with Crippen LogP contribution in [-0.4, -0.2) is 26.8 Å². The summed E-state index contributed by atoms with van der Waals surface area (Å²) in [5.41, 5.74) is -0.501. The molecule has 0 amide bonds. The Morgan fingerprint density at radius 3 is 2.74 bits per heavy atom. The van der Waals surface area contributed by atoms with Gasteiger partial charge in [-0.25, -0.2) is 4.98 Å². The van der Waals surface area contributed by atoms with Crippen molar-refractivity contribution in [2.45, 2.75) is 70.6 Å². The van der Waals surface area contributed by atoms with Crippen molar-refractivity contribution in [1.82, 2.24) is 14.9 Å². The number of nitrogens with one attached hydrogen (secondary N) is 1. The van der Waals surface area contributed by atoms with Crippen molar-refractivity contribution in [3.05, 3.63) is 18.2 Å². The molecule has 0 saturated heterocycles. The molecule has 1 aromatic rings. The second-order valence-corrected chi connectivity index (χ2v) is 5.78. The molecule has 4 nitrogen and oxygen atoms in total. The summed E-state index contributed by atoms with van der Waals surface area (Å²) in [6, 6.07) is 0. The number of hydrogen-bond acceptors (Lipinski definition) is 3. The van der Waals surface area contributed by atoms with Gasteiger partial charge in [-0.2, -0.15) is 0 Å². The average Bonchev–Trinajstić information content (AvgIpc) is 2.70. The van der Waals surface area contributed by atoms with E-state index >= 15 is 0 Å². The van der Waals surface area contributed by atoms with Crippen LogP contribution < -0.4 is 5.32 Å². The minimum atomic E-state index is -0.501. The summed E-state index contributed by atoms with van der Waals surface area (Å²) in [4.78, 5) is 4.38. The lowest BCUT2D eigenvalue weighted by Crippen LogP contribution is -2.40. The predicted molar refractivity (Wildman–Crippen MR) is 76.9 cm³/mol. The first-order chi connectivity index (χ1) is 9.23. The number of rotatable bonds is 6. The van der Waals surface area contributed by atoms with E-state index in [-0.39, 0.29) is 0 Å². The summed E-state index contributed by atoms with van der Waals surface area (Å²) in [5.74, 6) is 1.07. The molecule has 0 spiro atoms. The fourth-order valence-electron chi connectivity index (χ4n) is 2.92. The molecule has 1 aliphatic carbocycles. The third-order valence-corrected chi connectivity index (χ3v) is 4.04. The van der Waals surface area contributed by atoms with Gasteiger partial charge in [-0.15, -0.1) is 0 Å². The first-order valence-electron chi connectivity index (χ1n) is 7.67. The number of aliphatic hydroxyl groups is 1. The van der Waals surface area contributed by atoms with E-state index in [1.54, 1.807) is 0 Å². The lowest BCUT2D eigenvalue weighted by Gasteiger charge is -2.26. The first-order valence-corrected chi connectivity index (χ1v) is 7.67. The van der Waals surface area contributed by atoms with Crippen molar-refractivity contribution >= 4 is 0 Å². The van der Waals surface area contributed by atoms with Crippen LogP contribution in [0.3, 0.4) is 0 Å². The van der Waals surface area contributed by atoms with Gasteiger partial charge in [-0.05, 0) is 19.3 Å². The molecule has 0 bridgehead atoms. The maximum atomic E-state index is 10.6. The summed E-state index contributed by atoms with van der Waals surface area (Å²) in [6.45, 7) is 4.62. The minimum Gasteiger partial charge on any atom is -0.389 e. The molecule has 2 rings (SSSR count). The first kappa shape index (κ1) is 14.5. The van der Waals surface area contributed by atoms with Crippen LogP contribution in [0.1, 0.15) is 57.7 Å². The molecule has 0 aliphatic heterocycles. The van der Waals surface area contributed by atoms with E-state index in [0.717, 1.165) is 51.0 Å². The molecule has 19 heavy (non-hydrogen) atoms. The molecule has 1 aliphatic rings. The van der Waals surface area contributed by atoms with Crippen LogP contribution in [0.15, 0.2) is 12.4 Å². The Morgan fingerprint density at radius 2 is 2.05 bits per heavy atom. The average molecular weight is 265 g/mol. The molecule has 2 N–H and O–H groups in total. The Kier molecular flexibility index (Phi) is 5.40. The number of hydrogen-bond donors (Lipinski definition) is 2. The van der Waals surface area contributed by atoms with Crippen LogP contribution in [-0.2, 0) is 13.1 Å². The maximum Gasteiger partial charge on any atom is 0.122 e. The van der Waals surface area contributed by atoms with Crippen LogP contribution in [0.2, 0.25) is 0 Å². The molecule has 0 atom stereocenters. The predicted octanol–water partition coefficient (Wildman–Crippen LogP) is 2.47. The summed E-state index contributed by atoms with van der Waals surface area (Å²) in [5, 5.41) is 14.0. The quantitative estimate of drug-likeness (QED) is 0.777. The van der Waals surface area contributed by atoms with E-state index in [4.69, 9.17) is 0 Å². The molecule has 1 heterocycles. The van der Waals surface area contributed by atoms with E-state index in [9.17, 15) is 5.11 Å². The van der Waals surface area contributed by atoms with Crippen LogP contribution in [0.4, 0.5) is 0 Å². The number of aryl methyl sites for hydroxylation is 1. The summed E-state index contributed by atoms with van der Waals surface area (Å²) in [7, 11) is 0. The van der Waals surface area contributed by atoms with Gasteiger partial charge in [0.15, 0.2) is 0 Å². The molecular formula is C15H27N3O. The molecule has 4 heteroatoms. The number of imidazole rings is 1. The highest BCUT2D eigenvalue weighted by Crippen LogP contribution is 2.26. The minimum absolute atomic E-state index is 0.501. The second kappa shape index (κ2) is 7.06. The third-order valence-electron chi connectivity index (χ3n) is 4.04. The normalized spacial score (nSPS) is 19.3. The van der Waals surface area contributed by atoms with Crippen molar-refractivity contribution in [2.75, 3.05) is 6.54 Å². The molecule has 1 saturated carbocycles. The fourth-order valence-corrected chi connectivity index (χ4v) is 2.92. The van der Waals surface area contributed by atoms with Crippen LogP contribution in [0.25, 0.3) is 0 Å². The van der Waals surface area contributed by atoms with Gasteiger partial charge in [0, 0.05) is 25.5 Å². The Balaban J connectivity index is 1.80. The van der Waals surface area contributed by atoms with Gasteiger partial charge in [-0.3, -0.25) is 0 Å². The molecule has 0 unspecified atom stereocenters. The smallest absolute Gasteiger partial charge is 0.122 e. The van der Waals surface area contributed by atoms with E-state index in [2.05, 4.69) is 21.8 Å². The lowest BCUT2D eigenvalue weighted by atomic mass is 9.94. The highest BCUT2D eigenvalue weighted by Gasteiger charge is 2.27. The van der Waals surface area contributed by atoms with Crippen molar-refractivity contribution < 1.29 is 5.11 Å². The number of nitrogens with zero attached hydrogens (tertiary/aromatic N) is 2. The zero-order valence-electron chi connectivity index (χ0n) is 12.1. The van der Waals surface area contributed by atoms with Crippen molar-refractivity contribution in [2.24, 2.45) is 0 Å². The molecule has 0 aromatic carbocycles. The van der Waals surface area contributed by atoms with E-state index in [1.165, 1.54) is 12.8 Å². The van der Waals surface area contributed by atoms with Crippen molar-refractivity contribution in [3.8, 4) is 0 Å². The monoisotopic (exact) mass is 265 g/mol. The summed E-state index contributed by atoms with van der Waals surface area (Å²) >= 11 is 0. The Labute approximate surface area is 116 Å². The van der Waals surface area contributed by atoms with Crippen LogP contribution in [0, 0.1) is 0 Å². The Bertz CT molecular complexity index is 367. The molecule has 108 valence electrons. The Morgan fingerprint density at radius 1 is 1.32 bits per heavy atom. The van der Waals surface area contributed by atoms with E-state index in [1.807, 2.05) is 12.4 Å². The van der Waals surface area contributed by atoms with Gasteiger partial charge in [0.1, 0.15) is 5.82 Å². The van der Waals surface area contributed by atoms with Gasteiger partial charge in [0.25, 0.3) is 0 Å². The van der Waals surface area contributed by atoms with Crippen LogP contribution in [0.5, 0.6) is 0 Å². The maximum absolute atomic E-state index is 10.6. The highest BCUT2D eigenvalue weighted by molar-refractivity contribution is 4.93. The van der Waals surface area contributed by atoms with Gasteiger partial charge >= 0.3 is 0 Å². The summed E-state index contributed by atoms with van der Waals surface area (Å²) in [6.07, 6.45) is 11.7. The van der Waals surface area contributed by atoms with E-state index in [0.29, 0.717) is 6.54 Å². The standard InChI is InChI=1S/C15H27N3O/c1-2-10-18-11-9-17-14(18)12-16-13-15(19)7-5-3-4-6-8-15/h9,11,16,19H,2-8,10,12-13H2,1H3. The summed E-state index contributed by atoms with van der Waals surface area (Å²) < 4.78 is 2.18. The highest BCUT2D eigenvalue weighted by atomic mass is 16.3. The molecule has 0 radical (unpaired) electrons. The van der Waals surface area contributed by atoms with Crippen LogP contribution >= 0.6 is 0 Å². The van der Waals surface area contributed by atoms with Gasteiger partial charge in [-0.1, -0.05) is 32.6 Å². The van der Waals surface area contributed by atoms with Gasteiger partial charge < -0.3 is 15.0 Å². The van der Waals surface area contributed by atoms with E-state index < -0.39 is 5.60 Å². The number of aromatic nitrogens is 2. The molecular weight excluding hydrogens is 238 g/mol. The zero-order valence-corrected chi connectivity index (χ0v) is 12.1. The topological polar surface area (TPSA) is 50.1 Å². The van der Waals surface area contributed by atoms with Gasteiger partial charge in [0.05, 0.1) is 12.1 Å². The Hall–Kier alpha value is -0.870. The lowest BCUT2D eigenvalue weighted by molar-refractivity contribution is 0.0248. The molecule has 1 aromatic heterocycles. The van der Waals surface area contributed by atoms with Crippen molar-refractivity contribution in [1.29, 1.82) is 0 Å². The second-order valence-electron chi connectivity index (χ2n) is 5.78. The SMILES string of the molecule is CCCn1ccnc1CNCC1(O)CCCCCC1. The van der Waals surface area contributed by atoms with Gasteiger partial charge in [0.2, 0.25) is 0 Å². The van der Waals surface area contributed by atoms with Crippen molar-refractivity contribution in [3.63, 3.8) is 0 Å². The fraction of sp³-hybridized carbons (Fsp3) is 0.800. The largest absolute Gasteiger partial charge is 0.389 e. The zero-order chi connectivity index (χ0) is 13.6. The third kappa shape index (κ3) is 4.32. The molecule has 1 fully saturated rings.